The van der Waals surface area contributed by atoms with E-state index in [2.05, 4.69) is 0 Å². The number of hydrogen-bond acceptors (Lipinski definition) is 8. The van der Waals surface area contributed by atoms with Gasteiger partial charge in [0.25, 0.3) is 0 Å². The number of rotatable bonds is 7. The number of ether oxygens (including phenoxy) is 4. The van der Waals surface area contributed by atoms with E-state index in [9.17, 15) is 19.5 Å². The molecule has 0 spiro atoms. The summed E-state index contributed by atoms with van der Waals surface area (Å²) in [4.78, 5) is 37.4. The molecule has 3 aromatic rings. The Morgan fingerprint density at radius 2 is 1.12 bits per heavy atom. The molecule has 8 nitrogen and oxygen atoms in total. The first-order chi connectivity index (χ1) is 16.5. The molecule has 34 heavy (non-hydrogen) atoms. The molecule has 174 valence electrons. The van der Waals surface area contributed by atoms with Gasteiger partial charge in [0, 0.05) is 0 Å². The maximum atomic E-state index is 12.6. The molecule has 0 aliphatic carbocycles. The molecular weight excluding hydrogens is 440 g/mol. The molecule has 1 unspecified atom stereocenters. The minimum absolute atomic E-state index is 0.259. The predicted octanol–water partition coefficient (Wildman–Crippen LogP) is 3.01. The van der Waals surface area contributed by atoms with E-state index in [0.29, 0.717) is 5.56 Å². The van der Waals surface area contributed by atoms with Crippen molar-refractivity contribution in [3.8, 4) is 0 Å². The molecule has 4 atom stereocenters. The van der Waals surface area contributed by atoms with Gasteiger partial charge < -0.3 is 24.1 Å². The molecule has 8 heteroatoms. The van der Waals surface area contributed by atoms with Gasteiger partial charge in [-0.2, -0.15) is 0 Å². The Kier molecular flexibility index (Phi) is 7.31. The second kappa shape index (κ2) is 10.7. The monoisotopic (exact) mass is 462 g/mol. The summed E-state index contributed by atoms with van der Waals surface area (Å²) in [5.74, 6) is -2.04. The second-order valence-corrected chi connectivity index (χ2v) is 7.51. The lowest BCUT2D eigenvalue weighted by molar-refractivity contribution is -0.139. The van der Waals surface area contributed by atoms with Crippen molar-refractivity contribution in [1.82, 2.24) is 0 Å². The number of aliphatic hydroxyl groups is 1. The van der Waals surface area contributed by atoms with Crippen LogP contribution in [0.25, 0.3) is 0 Å². The van der Waals surface area contributed by atoms with Gasteiger partial charge in [-0.05, 0) is 36.4 Å². The Bertz CT molecular complexity index is 1120. The third kappa shape index (κ3) is 5.48. The van der Waals surface area contributed by atoms with Crippen molar-refractivity contribution < 1.29 is 38.4 Å². The van der Waals surface area contributed by atoms with Gasteiger partial charge in [0.2, 0.25) is 6.29 Å². The van der Waals surface area contributed by atoms with E-state index in [1.807, 2.05) is 0 Å². The van der Waals surface area contributed by atoms with Gasteiger partial charge in [-0.1, -0.05) is 54.6 Å². The van der Waals surface area contributed by atoms with Crippen molar-refractivity contribution in [2.24, 2.45) is 0 Å². The molecule has 1 N–H and O–H groups in total. The fraction of sp³-hybridized carbons (Fsp3) is 0.192. The minimum Gasteiger partial charge on any atom is -0.459 e. The fourth-order valence-electron chi connectivity index (χ4n) is 3.41. The van der Waals surface area contributed by atoms with Crippen LogP contribution < -0.4 is 0 Å². The Balaban J connectivity index is 1.47. The molecule has 0 amide bonds. The lowest BCUT2D eigenvalue weighted by Gasteiger charge is -2.20. The van der Waals surface area contributed by atoms with Crippen molar-refractivity contribution in [2.45, 2.75) is 24.6 Å². The van der Waals surface area contributed by atoms with Gasteiger partial charge in [-0.25, -0.2) is 14.4 Å². The molecule has 3 aromatic carbocycles. The third-order valence-corrected chi connectivity index (χ3v) is 5.16. The van der Waals surface area contributed by atoms with Crippen LogP contribution in [0.4, 0.5) is 0 Å². The maximum absolute atomic E-state index is 12.6. The molecular formula is C26H22O8. The first kappa shape index (κ1) is 23.2. The summed E-state index contributed by atoms with van der Waals surface area (Å²) in [5.41, 5.74) is 0.848. The number of hydrogen-bond donors (Lipinski definition) is 1. The van der Waals surface area contributed by atoms with Crippen LogP contribution in [0.15, 0.2) is 91.0 Å². The van der Waals surface area contributed by atoms with E-state index in [1.54, 1.807) is 91.0 Å². The van der Waals surface area contributed by atoms with Crippen LogP contribution in [0.5, 0.6) is 0 Å². The van der Waals surface area contributed by atoms with Crippen molar-refractivity contribution in [2.75, 3.05) is 6.61 Å². The van der Waals surface area contributed by atoms with Crippen molar-refractivity contribution in [3.63, 3.8) is 0 Å². The van der Waals surface area contributed by atoms with Crippen LogP contribution in [-0.4, -0.2) is 54.2 Å². The average Bonchev–Trinajstić information content (AvgIpc) is 3.17. The Hall–Kier alpha value is -4.01. The summed E-state index contributed by atoms with van der Waals surface area (Å²) < 4.78 is 21.8. The highest BCUT2D eigenvalue weighted by Crippen LogP contribution is 2.27. The topological polar surface area (TPSA) is 108 Å². The van der Waals surface area contributed by atoms with Crippen molar-refractivity contribution in [3.05, 3.63) is 108 Å². The molecule has 4 rings (SSSR count). The normalized spacial score (nSPS) is 21.4. The van der Waals surface area contributed by atoms with E-state index in [-0.39, 0.29) is 17.7 Å². The van der Waals surface area contributed by atoms with Crippen LogP contribution >= 0.6 is 0 Å². The number of benzene rings is 3. The number of esters is 3. The Morgan fingerprint density at radius 1 is 0.676 bits per heavy atom. The zero-order valence-electron chi connectivity index (χ0n) is 18.0. The Morgan fingerprint density at radius 3 is 1.62 bits per heavy atom. The lowest BCUT2D eigenvalue weighted by Crippen LogP contribution is -2.40. The molecule has 0 bridgehead atoms. The van der Waals surface area contributed by atoms with Crippen LogP contribution in [-0.2, 0) is 18.9 Å². The van der Waals surface area contributed by atoms with Crippen molar-refractivity contribution >= 4 is 17.9 Å². The first-order valence-electron chi connectivity index (χ1n) is 10.6. The fourth-order valence-corrected chi connectivity index (χ4v) is 3.41. The molecule has 0 aromatic heterocycles. The summed E-state index contributed by atoms with van der Waals surface area (Å²) in [6.45, 7) is -0.336. The van der Waals surface area contributed by atoms with Gasteiger partial charge >= 0.3 is 17.9 Å². The highest BCUT2D eigenvalue weighted by atomic mass is 16.7. The van der Waals surface area contributed by atoms with Gasteiger partial charge in [-0.15, -0.1) is 0 Å². The molecule has 1 fully saturated rings. The van der Waals surface area contributed by atoms with E-state index < -0.39 is 42.5 Å². The minimum atomic E-state index is -1.50. The largest absolute Gasteiger partial charge is 0.459 e. The van der Waals surface area contributed by atoms with E-state index in [0.717, 1.165) is 0 Å². The molecule has 1 saturated heterocycles. The lowest BCUT2D eigenvalue weighted by atomic mass is 10.1. The van der Waals surface area contributed by atoms with Gasteiger partial charge in [0.05, 0.1) is 16.7 Å². The smallest absolute Gasteiger partial charge is 0.340 e. The average molecular weight is 462 g/mol. The quantitative estimate of drug-likeness (QED) is 0.422. The van der Waals surface area contributed by atoms with Crippen LogP contribution in [0.3, 0.4) is 0 Å². The van der Waals surface area contributed by atoms with Gasteiger partial charge in [0.1, 0.15) is 12.7 Å². The molecule has 1 heterocycles. The van der Waals surface area contributed by atoms with Gasteiger partial charge in [0.15, 0.2) is 12.2 Å². The van der Waals surface area contributed by atoms with Crippen LogP contribution in [0, 0.1) is 0 Å². The predicted molar refractivity (Wildman–Crippen MR) is 119 cm³/mol. The molecule has 1 aliphatic rings. The van der Waals surface area contributed by atoms with E-state index in [4.69, 9.17) is 18.9 Å². The van der Waals surface area contributed by atoms with E-state index >= 15 is 0 Å². The maximum Gasteiger partial charge on any atom is 0.340 e. The summed E-state index contributed by atoms with van der Waals surface area (Å²) in [6, 6.07) is 24.7. The Labute approximate surface area is 195 Å². The third-order valence-electron chi connectivity index (χ3n) is 5.16. The van der Waals surface area contributed by atoms with Crippen molar-refractivity contribution in [1.29, 1.82) is 0 Å². The van der Waals surface area contributed by atoms with Gasteiger partial charge in [-0.3, -0.25) is 0 Å². The summed E-state index contributed by atoms with van der Waals surface area (Å²) in [7, 11) is 0. The second-order valence-electron chi connectivity index (χ2n) is 7.51. The summed E-state index contributed by atoms with van der Waals surface area (Å²) >= 11 is 0. The van der Waals surface area contributed by atoms with E-state index in [1.165, 1.54) is 0 Å². The standard InChI is InChI=1S/C26H22O8/c27-21-22(33-24(29)18-12-6-2-7-13-18)20(16-31-23(28)17-10-4-1-5-11-17)32-26(21)34-25(30)19-14-8-3-9-15-19/h1-15,20-22,26-27H,16H2/t20-,21?,22+,26-/m1/s1. The summed E-state index contributed by atoms with van der Waals surface area (Å²) in [6.07, 6.45) is -5.24. The zero-order chi connectivity index (χ0) is 23.9. The number of carbonyl (C=O) groups is 3. The summed E-state index contributed by atoms with van der Waals surface area (Å²) in [5, 5.41) is 10.8. The SMILES string of the molecule is O=C(OC[C@H]1O[C@H](OC(=O)c2ccccc2)C(O)[C@H]1OC(=O)c1ccccc1)c1ccccc1. The number of aliphatic hydroxyl groups excluding tert-OH is 1. The highest BCUT2D eigenvalue weighted by molar-refractivity contribution is 5.90. The molecule has 0 radical (unpaired) electrons. The zero-order valence-corrected chi connectivity index (χ0v) is 18.0. The molecule has 1 aliphatic heterocycles. The molecule has 0 saturated carbocycles. The highest BCUT2D eigenvalue weighted by Gasteiger charge is 2.49. The van der Waals surface area contributed by atoms with Crippen LogP contribution in [0.1, 0.15) is 31.1 Å². The van der Waals surface area contributed by atoms with Crippen LogP contribution in [0.2, 0.25) is 0 Å². The first-order valence-corrected chi connectivity index (χ1v) is 10.6. The number of carbonyl (C=O) groups excluding carboxylic acids is 3.